The number of benzene rings is 2. The van der Waals surface area contributed by atoms with Crippen molar-refractivity contribution in [3.8, 4) is 5.75 Å². The van der Waals surface area contributed by atoms with Gasteiger partial charge in [-0.25, -0.2) is 4.79 Å². The summed E-state index contributed by atoms with van der Waals surface area (Å²) in [5.41, 5.74) is 2.53. The van der Waals surface area contributed by atoms with E-state index in [1.165, 1.54) is 0 Å². The van der Waals surface area contributed by atoms with Gasteiger partial charge in [0.15, 0.2) is 6.61 Å². The van der Waals surface area contributed by atoms with Gasteiger partial charge < -0.3 is 10.1 Å². The average molecular weight is 402 g/mol. The smallest absolute Gasteiger partial charge is 0.344 e. The minimum absolute atomic E-state index is 0.342. The van der Waals surface area contributed by atoms with Gasteiger partial charge >= 0.3 is 6.03 Å². The Kier molecular flexibility index (Phi) is 5.56. The molecule has 0 unspecified atom stereocenters. The summed E-state index contributed by atoms with van der Waals surface area (Å²) in [5.74, 6) is -0.677. The summed E-state index contributed by atoms with van der Waals surface area (Å²) >= 11 is 5.89. The highest BCUT2D eigenvalue weighted by molar-refractivity contribution is 6.30. The molecule has 0 spiro atoms. The summed E-state index contributed by atoms with van der Waals surface area (Å²) in [4.78, 5) is 37.5. The second-order valence-electron chi connectivity index (χ2n) is 6.43. The fourth-order valence-electron chi connectivity index (χ4n) is 3.11. The maximum Gasteiger partial charge on any atom is 0.344 e. The van der Waals surface area contributed by atoms with Crippen molar-refractivity contribution in [3.05, 3.63) is 64.7 Å². The Morgan fingerprint density at radius 1 is 1.21 bits per heavy atom. The molecule has 4 amide bonds. The van der Waals surface area contributed by atoms with E-state index in [2.05, 4.69) is 10.7 Å². The Labute approximate surface area is 167 Å². The van der Waals surface area contributed by atoms with Crippen LogP contribution in [0, 0.1) is 6.92 Å². The molecule has 2 aromatic carbocycles. The molecule has 1 aliphatic rings. The molecule has 146 valence electrons. The van der Waals surface area contributed by atoms with Crippen LogP contribution in [-0.4, -0.2) is 29.5 Å². The molecule has 28 heavy (non-hydrogen) atoms. The number of nitrogens with zero attached hydrogens (tertiary/aromatic N) is 1. The molecule has 1 atom stereocenters. The van der Waals surface area contributed by atoms with Crippen molar-refractivity contribution in [2.45, 2.75) is 25.8 Å². The number of hydrogen-bond donors (Lipinski definition) is 2. The maximum atomic E-state index is 12.9. The van der Waals surface area contributed by atoms with Crippen LogP contribution in [-0.2, 0) is 15.1 Å². The molecule has 2 aromatic rings. The van der Waals surface area contributed by atoms with Crippen LogP contribution in [0.25, 0.3) is 0 Å². The van der Waals surface area contributed by atoms with Crippen molar-refractivity contribution < 1.29 is 19.1 Å². The third kappa shape index (κ3) is 3.66. The van der Waals surface area contributed by atoms with Gasteiger partial charge in [0.05, 0.1) is 0 Å². The quantitative estimate of drug-likeness (QED) is 0.728. The number of halogens is 1. The van der Waals surface area contributed by atoms with Crippen LogP contribution in [0.2, 0.25) is 5.02 Å². The summed E-state index contributed by atoms with van der Waals surface area (Å²) in [6.07, 6.45) is 0.342. The monoisotopic (exact) mass is 401 g/mol. The SMILES string of the molecule is CC[C@]1(c2ccccc2)NC(=O)N(NC(=O)COc2ccc(Cl)cc2C)C1=O. The van der Waals surface area contributed by atoms with Gasteiger partial charge in [-0.3, -0.25) is 15.0 Å². The first-order valence-corrected chi connectivity index (χ1v) is 9.16. The van der Waals surface area contributed by atoms with Gasteiger partial charge in [-0.2, -0.15) is 5.01 Å². The molecule has 3 rings (SSSR count). The van der Waals surface area contributed by atoms with Gasteiger partial charge in [-0.1, -0.05) is 48.9 Å². The Morgan fingerprint density at radius 2 is 1.93 bits per heavy atom. The Morgan fingerprint density at radius 3 is 2.57 bits per heavy atom. The highest BCUT2D eigenvalue weighted by atomic mass is 35.5. The Bertz CT molecular complexity index is 919. The lowest BCUT2D eigenvalue weighted by Gasteiger charge is -2.25. The number of rotatable bonds is 6. The van der Waals surface area contributed by atoms with Gasteiger partial charge in [0, 0.05) is 5.02 Å². The lowest BCUT2D eigenvalue weighted by molar-refractivity contribution is -0.140. The van der Waals surface area contributed by atoms with Crippen LogP contribution < -0.4 is 15.5 Å². The van der Waals surface area contributed by atoms with E-state index in [-0.39, 0.29) is 6.61 Å². The van der Waals surface area contributed by atoms with Crippen molar-refractivity contribution in [2.24, 2.45) is 0 Å². The molecule has 1 aliphatic heterocycles. The molecular formula is C20H20ClN3O4. The van der Waals surface area contributed by atoms with Gasteiger partial charge in [0.25, 0.3) is 11.8 Å². The zero-order chi connectivity index (χ0) is 20.3. The third-order valence-corrected chi connectivity index (χ3v) is 4.86. The van der Waals surface area contributed by atoms with Crippen molar-refractivity contribution in [1.29, 1.82) is 0 Å². The molecule has 0 radical (unpaired) electrons. The highest BCUT2D eigenvalue weighted by Gasteiger charge is 2.52. The molecule has 1 fully saturated rings. The predicted molar refractivity (Wildman–Crippen MR) is 104 cm³/mol. The Hall–Kier alpha value is -3.06. The number of imide groups is 1. The van der Waals surface area contributed by atoms with Gasteiger partial charge in [0.1, 0.15) is 11.3 Å². The summed E-state index contributed by atoms with van der Waals surface area (Å²) in [5, 5.41) is 3.96. The highest BCUT2D eigenvalue weighted by Crippen LogP contribution is 2.31. The summed E-state index contributed by atoms with van der Waals surface area (Å²) < 4.78 is 5.46. The number of ether oxygens (including phenoxy) is 1. The van der Waals surface area contributed by atoms with Gasteiger partial charge in [0.2, 0.25) is 0 Å². The van der Waals surface area contributed by atoms with E-state index in [9.17, 15) is 14.4 Å². The largest absolute Gasteiger partial charge is 0.483 e. The minimum Gasteiger partial charge on any atom is -0.483 e. The van der Waals surface area contributed by atoms with Crippen LogP contribution in [0.4, 0.5) is 4.79 Å². The molecule has 0 bridgehead atoms. The number of hydrazine groups is 1. The number of urea groups is 1. The van der Waals surface area contributed by atoms with E-state index >= 15 is 0 Å². The van der Waals surface area contributed by atoms with Gasteiger partial charge in [-0.05, 0) is 42.7 Å². The molecule has 1 heterocycles. The number of hydrogen-bond acceptors (Lipinski definition) is 4. The third-order valence-electron chi connectivity index (χ3n) is 4.62. The van der Waals surface area contributed by atoms with Crippen LogP contribution in [0.3, 0.4) is 0 Å². The first-order valence-electron chi connectivity index (χ1n) is 8.78. The molecule has 0 aliphatic carbocycles. The molecule has 2 N–H and O–H groups in total. The number of carbonyl (C=O) groups excluding carboxylic acids is 3. The van der Waals surface area contributed by atoms with Crippen molar-refractivity contribution in [1.82, 2.24) is 15.8 Å². The molecule has 7 nitrogen and oxygen atoms in total. The van der Waals surface area contributed by atoms with Crippen LogP contribution in [0.1, 0.15) is 24.5 Å². The van der Waals surface area contributed by atoms with E-state index < -0.39 is 23.4 Å². The summed E-state index contributed by atoms with van der Waals surface area (Å²) in [6.45, 7) is 3.24. The predicted octanol–water partition coefficient (Wildman–Crippen LogP) is 2.92. The molecule has 1 saturated heterocycles. The van der Waals surface area contributed by atoms with Crippen LogP contribution in [0.15, 0.2) is 48.5 Å². The van der Waals surface area contributed by atoms with Crippen molar-refractivity contribution >= 4 is 29.4 Å². The second-order valence-corrected chi connectivity index (χ2v) is 6.87. The topological polar surface area (TPSA) is 87.7 Å². The maximum absolute atomic E-state index is 12.9. The zero-order valence-corrected chi connectivity index (χ0v) is 16.2. The first-order chi connectivity index (χ1) is 13.4. The van der Waals surface area contributed by atoms with Crippen molar-refractivity contribution in [2.75, 3.05) is 6.61 Å². The number of aryl methyl sites for hydroxylation is 1. The minimum atomic E-state index is -1.21. The van der Waals surface area contributed by atoms with Crippen LogP contribution >= 0.6 is 11.6 Å². The molecular weight excluding hydrogens is 382 g/mol. The summed E-state index contributed by atoms with van der Waals surface area (Å²) in [7, 11) is 0. The van der Waals surface area contributed by atoms with E-state index in [4.69, 9.17) is 16.3 Å². The average Bonchev–Trinajstić information content (AvgIpc) is 2.93. The lowest BCUT2D eigenvalue weighted by Crippen LogP contribution is -2.49. The lowest BCUT2D eigenvalue weighted by atomic mass is 9.87. The Balaban J connectivity index is 1.69. The first kappa shape index (κ1) is 19.7. The molecule has 0 aromatic heterocycles. The van der Waals surface area contributed by atoms with Crippen LogP contribution in [0.5, 0.6) is 5.75 Å². The van der Waals surface area contributed by atoms with E-state index in [1.54, 1.807) is 56.3 Å². The fraction of sp³-hybridized carbons (Fsp3) is 0.250. The van der Waals surface area contributed by atoms with E-state index in [0.29, 0.717) is 27.8 Å². The fourth-order valence-corrected chi connectivity index (χ4v) is 3.34. The molecule has 8 heteroatoms. The standard InChI is InChI=1S/C20H20ClN3O4/c1-3-20(14-7-5-4-6-8-14)18(26)24(19(27)22-20)23-17(25)12-28-16-10-9-15(21)11-13(16)2/h4-11H,3,12H2,1-2H3,(H,22,27)(H,23,25)/t20-/m1/s1. The van der Waals surface area contributed by atoms with Crippen molar-refractivity contribution in [3.63, 3.8) is 0 Å². The number of amides is 4. The number of nitrogens with one attached hydrogen (secondary N) is 2. The zero-order valence-electron chi connectivity index (χ0n) is 15.5. The van der Waals surface area contributed by atoms with E-state index in [1.807, 2.05) is 6.07 Å². The van der Waals surface area contributed by atoms with Gasteiger partial charge in [-0.15, -0.1) is 0 Å². The normalized spacial score (nSPS) is 18.8. The second kappa shape index (κ2) is 7.90. The van der Waals surface area contributed by atoms with E-state index in [0.717, 1.165) is 5.56 Å². The number of carbonyl (C=O) groups is 3. The molecule has 0 saturated carbocycles. The summed E-state index contributed by atoms with van der Waals surface area (Å²) in [6, 6.07) is 13.2.